The van der Waals surface area contributed by atoms with Gasteiger partial charge in [0.1, 0.15) is 5.82 Å². The Labute approximate surface area is 128 Å². The maximum atomic E-state index is 13.6. The molecule has 0 aliphatic heterocycles. The molecule has 0 spiro atoms. The zero-order valence-electron chi connectivity index (χ0n) is 12.0. The van der Waals surface area contributed by atoms with Gasteiger partial charge in [0.05, 0.1) is 6.04 Å². The largest absolute Gasteiger partial charge is 0.306 e. The molecule has 1 atom stereocenters. The van der Waals surface area contributed by atoms with E-state index in [1.54, 1.807) is 6.07 Å². The van der Waals surface area contributed by atoms with Gasteiger partial charge in [-0.3, -0.25) is 0 Å². The van der Waals surface area contributed by atoms with E-state index in [1.165, 1.54) is 11.6 Å². The predicted molar refractivity (Wildman–Crippen MR) is 85.5 cm³/mol. The lowest BCUT2D eigenvalue weighted by Crippen LogP contribution is -2.23. The summed E-state index contributed by atoms with van der Waals surface area (Å²) in [5, 5.41) is 3.45. The van der Waals surface area contributed by atoms with Crippen molar-refractivity contribution >= 4 is 15.9 Å². The summed E-state index contributed by atoms with van der Waals surface area (Å²) in [7, 11) is 0. The van der Waals surface area contributed by atoms with Crippen molar-refractivity contribution in [1.82, 2.24) is 5.32 Å². The molecule has 2 rings (SSSR count). The van der Waals surface area contributed by atoms with Crippen molar-refractivity contribution < 1.29 is 4.39 Å². The maximum Gasteiger partial charge on any atom is 0.123 e. The molecular weight excluding hydrogens is 317 g/mol. The molecule has 0 heterocycles. The Kier molecular flexibility index (Phi) is 4.95. The second-order valence-corrected chi connectivity index (χ2v) is 5.87. The van der Waals surface area contributed by atoms with Crippen LogP contribution in [0.4, 0.5) is 4.39 Å². The average molecular weight is 336 g/mol. The van der Waals surface area contributed by atoms with Crippen molar-refractivity contribution in [3.8, 4) is 0 Å². The lowest BCUT2D eigenvalue weighted by atomic mass is 9.94. The van der Waals surface area contributed by atoms with E-state index in [4.69, 9.17) is 0 Å². The molecule has 106 valence electrons. The molecule has 0 aromatic heterocycles. The van der Waals surface area contributed by atoms with E-state index >= 15 is 0 Å². The number of hydrogen-bond donors (Lipinski definition) is 1. The first-order chi connectivity index (χ1) is 9.52. The Balaban J connectivity index is 2.55. The summed E-state index contributed by atoms with van der Waals surface area (Å²) in [6.45, 7) is 6.96. The molecule has 0 aliphatic rings. The monoisotopic (exact) mass is 335 g/mol. The van der Waals surface area contributed by atoms with Gasteiger partial charge in [0.25, 0.3) is 0 Å². The summed E-state index contributed by atoms with van der Waals surface area (Å²) in [5.74, 6) is -0.197. The Morgan fingerprint density at radius 1 is 1.10 bits per heavy atom. The molecule has 1 nitrogen and oxygen atoms in total. The number of hydrogen-bond acceptors (Lipinski definition) is 1. The molecule has 0 radical (unpaired) electrons. The third kappa shape index (κ3) is 3.28. The van der Waals surface area contributed by atoms with Gasteiger partial charge in [0.2, 0.25) is 0 Å². The van der Waals surface area contributed by atoms with Gasteiger partial charge in [-0.1, -0.05) is 46.6 Å². The molecule has 0 saturated carbocycles. The van der Waals surface area contributed by atoms with E-state index in [-0.39, 0.29) is 11.9 Å². The average Bonchev–Trinajstić information content (AvgIpc) is 2.42. The van der Waals surface area contributed by atoms with Crippen LogP contribution in [-0.4, -0.2) is 6.54 Å². The third-order valence-electron chi connectivity index (χ3n) is 3.42. The summed E-state index contributed by atoms with van der Waals surface area (Å²) in [6, 6.07) is 11.2. The fraction of sp³-hybridized carbons (Fsp3) is 0.294. The fourth-order valence-electron chi connectivity index (χ4n) is 2.40. The summed E-state index contributed by atoms with van der Waals surface area (Å²) >= 11 is 3.61. The summed E-state index contributed by atoms with van der Waals surface area (Å²) in [5.41, 5.74) is 4.41. The fourth-order valence-corrected chi connectivity index (χ4v) is 2.87. The molecule has 0 amide bonds. The lowest BCUT2D eigenvalue weighted by molar-refractivity contribution is 0.599. The van der Waals surface area contributed by atoms with Crippen LogP contribution in [0.2, 0.25) is 0 Å². The third-order valence-corrected chi connectivity index (χ3v) is 4.15. The van der Waals surface area contributed by atoms with E-state index in [0.717, 1.165) is 27.7 Å². The molecular formula is C17H19BrFN. The summed E-state index contributed by atoms with van der Waals surface area (Å²) < 4.78 is 14.6. The van der Waals surface area contributed by atoms with Crippen molar-refractivity contribution in [2.45, 2.75) is 26.8 Å². The molecule has 0 aliphatic carbocycles. The van der Waals surface area contributed by atoms with Gasteiger partial charge in [-0.25, -0.2) is 4.39 Å². The minimum atomic E-state index is -0.197. The maximum absolute atomic E-state index is 13.6. The van der Waals surface area contributed by atoms with Gasteiger partial charge in [0.15, 0.2) is 0 Å². The molecule has 2 aromatic rings. The quantitative estimate of drug-likeness (QED) is 0.837. The highest BCUT2D eigenvalue weighted by atomic mass is 79.9. The van der Waals surface area contributed by atoms with E-state index in [2.05, 4.69) is 47.2 Å². The van der Waals surface area contributed by atoms with Crippen LogP contribution in [0, 0.1) is 19.7 Å². The number of aryl methyl sites for hydroxylation is 2. The van der Waals surface area contributed by atoms with Crippen LogP contribution in [0.25, 0.3) is 0 Å². The number of benzene rings is 2. The first kappa shape index (κ1) is 15.2. The van der Waals surface area contributed by atoms with E-state index < -0.39 is 0 Å². The van der Waals surface area contributed by atoms with Crippen molar-refractivity contribution in [1.29, 1.82) is 0 Å². The van der Waals surface area contributed by atoms with Gasteiger partial charge >= 0.3 is 0 Å². The number of halogens is 2. The Bertz CT molecular complexity index is 558. The van der Waals surface area contributed by atoms with Crippen LogP contribution in [0.1, 0.15) is 35.2 Å². The van der Waals surface area contributed by atoms with Crippen molar-refractivity contribution in [2.75, 3.05) is 6.54 Å². The number of nitrogens with one attached hydrogen (secondary N) is 1. The normalized spacial score (nSPS) is 12.4. The van der Waals surface area contributed by atoms with Crippen molar-refractivity contribution in [3.63, 3.8) is 0 Å². The van der Waals surface area contributed by atoms with Gasteiger partial charge in [-0.15, -0.1) is 0 Å². The molecule has 0 fully saturated rings. The minimum Gasteiger partial charge on any atom is -0.306 e. The van der Waals surface area contributed by atoms with Gasteiger partial charge < -0.3 is 5.32 Å². The second kappa shape index (κ2) is 6.51. The number of rotatable bonds is 4. The molecule has 1 unspecified atom stereocenters. The standard InChI is InChI=1S/C17H19BrFN/c1-4-20-17(14-10-13(19)7-6-12(14)3)15-9-11(2)5-8-16(15)18/h5-10,17,20H,4H2,1-3H3. The van der Waals surface area contributed by atoms with E-state index in [9.17, 15) is 4.39 Å². The smallest absolute Gasteiger partial charge is 0.123 e. The van der Waals surface area contributed by atoms with Crippen LogP contribution in [0.3, 0.4) is 0 Å². The Morgan fingerprint density at radius 2 is 1.85 bits per heavy atom. The van der Waals surface area contributed by atoms with Gasteiger partial charge in [0, 0.05) is 4.47 Å². The van der Waals surface area contributed by atoms with E-state index in [1.807, 2.05) is 19.1 Å². The molecule has 2 aromatic carbocycles. The SMILES string of the molecule is CCNC(c1cc(F)ccc1C)c1cc(C)ccc1Br. The molecule has 1 N–H and O–H groups in total. The zero-order valence-corrected chi connectivity index (χ0v) is 13.6. The van der Waals surface area contributed by atoms with E-state index in [0.29, 0.717) is 0 Å². The summed E-state index contributed by atoms with van der Waals surface area (Å²) in [6.07, 6.45) is 0. The van der Waals surface area contributed by atoms with Crippen LogP contribution in [-0.2, 0) is 0 Å². The van der Waals surface area contributed by atoms with Crippen LogP contribution in [0.5, 0.6) is 0 Å². The van der Waals surface area contributed by atoms with Crippen LogP contribution in [0.15, 0.2) is 40.9 Å². The Hall–Kier alpha value is -1.19. The summed E-state index contributed by atoms with van der Waals surface area (Å²) in [4.78, 5) is 0. The predicted octanol–water partition coefficient (Wildman–Crippen LogP) is 4.90. The molecule has 20 heavy (non-hydrogen) atoms. The second-order valence-electron chi connectivity index (χ2n) is 5.02. The van der Waals surface area contributed by atoms with Crippen molar-refractivity contribution in [3.05, 3.63) is 68.9 Å². The molecule has 0 saturated heterocycles. The highest BCUT2D eigenvalue weighted by Gasteiger charge is 2.18. The van der Waals surface area contributed by atoms with Crippen LogP contribution < -0.4 is 5.32 Å². The Morgan fingerprint density at radius 3 is 2.55 bits per heavy atom. The highest BCUT2D eigenvalue weighted by molar-refractivity contribution is 9.10. The zero-order chi connectivity index (χ0) is 14.7. The van der Waals surface area contributed by atoms with Crippen LogP contribution >= 0.6 is 15.9 Å². The van der Waals surface area contributed by atoms with Gasteiger partial charge in [-0.05, 0) is 55.3 Å². The topological polar surface area (TPSA) is 12.0 Å². The van der Waals surface area contributed by atoms with Crippen molar-refractivity contribution in [2.24, 2.45) is 0 Å². The molecule has 0 bridgehead atoms. The first-order valence-corrected chi connectivity index (χ1v) is 7.57. The first-order valence-electron chi connectivity index (χ1n) is 6.78. The highest BCUT2D eigenvalue weighted by Crippen LogP contribution is 2.31. The van der Waals surface area contributed by atoms with Gasteiger partial charge in [-0.2, -0.15) is 0 Å². The lowest BCUT2D eigenvalue weighted by Gasteiger charge is -2.22. The minimum absolute atomic E-state index is 0.00928. The molecule has 3 heteroatoms.